The molecular formula is C16H17NO3. The first-order chi connectivity index (χ1) is 9.70. The van der Waals surface area contributed by atoms with Crippen molar-refractivity contribution in [2.24, 2.45) is 5.73 Å². The van der Waals surface area contributed by atoms with Gasteiger partial charge < -0.3 is 15.2 Å². The predicted octanol–water partition coefficient (Wildman–Crippen LogP) is 2.44. The van der Waals surface area contributed by atoms with Gasteiger partial charge in [0.25, 0.3) is 0 Å². The van der Waals surface area contributed by atoms with Crippen LogP contribution < -0.4 is 10.5 Å². The Hall–Kier alpha value is -2.33. The van der Waals surface area contributed by atoms with E-state index in [1.807, 2.05) is 42.5 Å². The van der Waals surface area contributed by atoms with Gasteiger partial charge >= 0.3 is 5.97 Å². The van der Waals surface area contributed by atoms with Crippen LogP contribution in [0, 0.1) is 0 Å². The fraction of sp³-hybridized carbons (Fsp3) is 0.188. The average Bonchev–Trinajstić information content (AvgIpc) is 2.53. The molecule has 20 heavy (non-hydrogen) atoms. The molecule has 0 aliphatic rings. The minimum atomic E-state index is -0.762. The van der Waals surface area contributed by atoms with Gasteiger partial charge in [0.15, 0.2) is 0 Å². The van der Waals surface area contributed by atoms with Gasteiger partial charge in [-0.15, -0.1) is 0 Å². The summed E-state index contributed by atoms with van der Waals surface area (Å²) in [6, 6.07) is 15.8. The van der Waals surface area contributed by atoms with Gasteiger partial charge in [-0.05, 0) is 23.3 Å². The molecule has 0 fully saturated rings. The van der Waals surface area contributed by atoms with E-state index in [1.54, 1.807) is 19.2 Å². The van der Waals surface area contributed by atoms with Gasteiger partial charge in [-0.1, -0.05) is 42.5 Å². The van der Waals surface area contributed by atoms with Crippen LogP contribution in [0.1, 0.15) is 17.2 Å². The lowest BCUT2D eigenvalue weighted by Crippen LogP contribution is -2.23. The Morgan fingerprint density at radius 2 is 1.90 bits per heavy atom. The monoisotopic (exact) mass is 271 g/mol. The fourth-order valence-corrected chi connectivity index (χ4v) is 1.80. The Balaban J connectivity index is 1.95. The number of carbonyl (C=O) groups excluding carboxylic acids is 1. The Morgan fingerprint density at radius 3 is 2.60 bits per heavy atom. The number of hydrogen-bond acceptors (Lipinski definition) is 4. The molecule has 4 heteroatoms. The van der Waals surface area contributed by atoms with Crippen LogP contribution >= 0.6 is 0 Å². The highest BCUT2D eigenvalue weighted by atomic mass is 16.5. The highest BCUT2D eigenvalue weighted by Gasteiger charge is 2.16. The van der Waals surface area contributed by atoms with E-state index in [-0.39, 0.29) is 6.61 Å². The number of benzene rings is 2. The standard InChI is InChI=1S/C16H17NO3/c1-19-14-9-5-6-12(10-14)11-20-16(18)15(17)13-7-3-2-4-8-13/h2-10,15H,11,17H2,1H3/t15-/m1/s1. The molecule has 104 valence electrons. The second-order valence-electron chi connectivity index (χ2n) is 4.35. The fourth-order valence-electron chi connectivity index (χ4n) is 1.80. The number of rotatable bonds is 5. The van der Waals surface area contributed by atoms with Crippen LogP contribution in [0.25, 0.3) is 0 Å². The lowest BCUT2D eigenvalue weighted by Gasteiger charge is -2.12. The number of ether oxygens (including phenoxy) is 2. The molecule has 2 aromatic carbocycles. The molecule has 4 nitrogen and oxygen atoms in total. The summed E-state index contributed by atoms with van der Waals surface area (Å²) >= 11 is 0. The highest BCUT2D eigenvalue weighted by molar-refractivity contribution is 5.77. The van der Waals surface area contributed by atoms with Crippen molar-refractivity contribution in [2.45, 2.75) is 12.6 Å². The Bertz CT molecular complexity index is 569. The van der Waals surface area contributed by atoms with E-state index in [9.17, 15) is 4.79 Å². The summed E-state index contributed by atoms with van der Waals surface area (Å²) in [6.07, 6.45) is 0. The maximum absolute atomic E-state index is 11.9. The van der Waals surface area contributed by atoms with E-state index in [0.29, 0.717) is 0 Å². The molecule has 0 saturated heterocycles. The van der Waals surface area contributed by atoms with E-state index >= 15 is 0 Å². The lowest BCUT2D eigenvalue weighted by atomic mass is 10.1. The Labute approximate surface area is 118 Å². The largest absolute Gasteiger partial charge is 0.497 e. The van der Waals surface area contributed by atoms with E-state index in [4.69, 9.17) is 15.2 Å². The highest BCUT2D eigenvalue weighted by Crippen LogP contribution is 2.15. The third-order valence-corrected chi connectivity index (χ3v) is 2.93. The third-order valence-electron chi connectivity index (χ3n) is 2.93. The molecule has 2 rings (SSSR count). The van der Waals surface area contributed by atoms with Crippen LogP contribution in [-0.4, -0.2) is 13.1 Å². The third kappa shape index (κ3) is 3.59. The summed E-state index contributed by atoms with van der Waals surface area (Å²) in [5.41, 5.74) is 7.46. The van der Waals surface area contributed by atoms with E-state index in [2.05, 4.69) is 0 Å². The molecule has 0 saturated carbocycles. The van der Waals surface area contributed by atoms with E-state index in [0.717, 1.165) is 16.9 Å². The van der Waals surface area contributed by atoms with Gasteiger partial charge in [-0.3, -0.25) is 0 Å². The van der Waals surface area contributed by atoms with Crippen LogP contribution in [0.15, 0.2) is 54.6 Å². The molecule has 0 unspecified atom stereocenters. The van der Waals surface area contributed by atoms with Crippen molar-refractivity contribution >= 4 is 5.97 Å². The normalized spacial score (nSPS) is 11.7. The quantitative estimate of drug-likeness (QED) is 0.848. The number of esters is 1. The molecule has 0 radical (unpaired) electrons. The van der Waals surface area contributed by atoms with Crippen molar-refractivity contribution in [3.8, 4) is 5.75 Å². The molecule has 0 spiro atoms. The van der Waals surface area contributed by atoms with Gasteiger partial charge in [0, 0.05) is 0 Å². The zero-order valence-corrected chi connectivity index (χ0v) is 11.3. The SMILES string of the molecule is COc1cccc(COC(=O)[C@H](N)c2ccccc2)c1. The van der Waals surface area contributed by atoms with Gasteiger partial charge in [-0.2, -0.15) is 0 Å². The van der Waals surface area contributed by atoms with E-state index in [1.165, 1.54) is 0 Å². The molecule has 2 N–H and O–H groups in total. The van der Waals surface area contributed by atoms with Gasteiger partial charge in [0.05, 0.1) is 7.11 Å². The number of carbonyl (C=O) groups is 1. The minimum absolute atomic E-state index is 0.177. The smallest absolute Gasteiger partial charge is 0.327 e. The summed E-state index contributed by atoms with van der Waals surface area (Å²) in [4.78, 5) is 11.9. The maximum Gasteiger partial charge on any atom is 0.327 e. The second-order valence-corrected chi connectivity index (χ2v) is 4.35. The van der Waals surface area contributed by atoms with Crippen LogP contribution in [0.2, 0.25) is 0 Å². The van der Waals surface area contributed by atoms with Crippen LogP contribution in [-0.2, 0) is 16.1 Å². The molecule has 0 aliphatic carbocycles. The molecule has 1 atom stereocenters. The van der Waals surface area contributed by atoms with Crippen LogP contribution in [0.3, 0.4) is 0 Å². The molecule has 0 amide bonds. The van der Waals surface area contributed by atoms with Crippen molar-refractivity contribution < 1.29 is 14.3 Å². The molecule has 2 aromatic rings. The molecular weight excluding hydrogens is 254 g/mol. The minimum Gasteiger partial charge on any atom is -0.497 e. The van der Waals surface area contributed by atoms with Gasteiger partial charge in [0.2, 0.25) is 0 Å². The van der Waals surface area contributed by atoms with Crippen molar-refractivity contribution in [2.75, 3.05) is 7.11 Å². The Kier molecular flexibility index (Phi) is 4.74. The summed E-state index contributed by atoms with van der Waals surface area (Å²) < 4.78 is 10.3. The van der Waals surface area contributed by atoms with Gasteiger partial charge in [-0.25, -0.2) is 4.79 Å². The van der Waals surface area contributed by atoms with Crippen molar-refractivity contribution in [1.29, 1.82) is 0 Å². The number of nitrogens with two attached hydrogens (primary N) is 1. The van der Waals surface area contributed by atoms with Crippen LogP contribution in [0.5, 0.6) is 5.75 Å². The number of methoxy groups -OCH3 is 1. The maximum atomic E-state index is 11.9. The zero-order valence-electron chi connectivity index (χ0n) is 11.3. The lowest BCUT2D eigenvalue weighted by molar-refractivity contribution is -0.146. The van der Waals surface area contributed by atoms with Crippen molar-refractivity contribution in [1.82, 2.24) is 0 Å². The summed E-state index contributed by atoms with van der Waals surface area (Å²) in [5.74, 6) is 0.282. The first kappa shape index (κ1) is 14.1. The second kappa shape index (κ2) is 6.73. The number of hydrogen-bond donors (Lipinski definition) is 1. The zero-order chi connectivity index (χ0) is 14.4. The van der Waals surface area contributed by atoms with Crippen molar-refractivity contribution in [3.05, 3.63) is 65.7 Å². The van der Waals surface area contributed by atoms with Gasteiger partial charge in [0.1, 0.15) is 18.4 Å². The van der Waals surface area contributed by atoms with Crippen molar-refractivity contribution in [3.63, 3.8) is 0 Å². The molecule has 0 aliphatic heterocycles. The van der Waals surface area contributed by atoms with Crippen LogP contribution in [0.4, 0.5) is 0 Å². The summed E-state index contributed by atoms with van der Waals surface area (Å²) in [7, 11) is 1.59. The first-order valence-electron chi connectivity index (χ1n) is 6.31. The molecule has 0 aromatic heterocycles. The molecule has 0 heterocycles. The Morgan fingerprint density at radius 1 is 1.15 bits per heavy atom. The predicted molar refractivity (Wildman–Crippen MR) is 76.2 cm³/mol. The average molecular weight is 271 g/mol. The topological polar surface area (TPSA) is 61.5 Å². The summed E-state index contributed by atoms with van der Waals surface area (Å²) in [5, 5.41) is 0. The summed E-state index contributed by atoms with van der Waals surface area (Å²) in [6.45, 7) is 0.177. The molecule has 0 bridgehead atoms. The van der Waals surface area contributed by atoms with E-state index < -0.39 is 12.0 Å². The first-order valence-corrected chi connectivity index (χ1v) is 6.31.